The van der Waals surface area contributed by atoms with Crippen LogP contribution in [0.2, 0.25) is 0 Å². The summed E-state index contributed by atoms with van der Waals surface area (Å²) in [6.07, 6.45) is 1.40. The highest BCUT2D eigenvalue weighted by Crippen LogP contribution is 2.31. The Kier molecular flexibility index (Phi) is 3.07. The zero-order chi connectivity index (χ0) is 11.6. The second kappa shape index (κ2) is 3.96. The maximum Gasteiger partial charge on any atom is 0.271 e. The van der Waals surface area contributed by atoms with Gasteiger partial charge in [-0.05, 0) is 30.7 Å². The van der Waals surface area contributed by atoms with Crippen molar-refractivity contribution in [3.8, 4) is 0 Å². The lowest BCUT2D eigenvalue weighted by atomic mass is 10.0. The van der Waals surface area contributed by atoms with E-state index < -0.39 is 11.7 Å². The van der Waals surface area contributed by atoms with Gasteiger partial charge in [0.15, 0.2) is 0 Å². The highest BCUT2D eigenvalue weighted by atomic mass is 19.3. The van der Waals surface area contributed by atoms with E-state index in [0.29, 0.717) is 5.70 Å². The number of allylic oxidation sites excluding steroid dienone is 1. The SMILES string of the molecule is C/C(N)=C\c1ccc(F)cc1C(C)(F)F. The lowest BCUT2D eigenvalue weighted by Gasteiger charge is -2.14. The molecule has 0 saturated carbocycles. The molecule has 0 amide bonds. The molecule has 1 rings (SSSR count). The van der Waals surface area contributed by atoms with Gasteiger partial charge in [-0.1, -0.05) is 6.07 Å². The van der Waals surface area contributed by atoms with Crippen molar-refractivity contribution in [2.45, 2.75) is 19.8 Å². The highest BCUT2D eigenvalue weighted by molar-refractivity contribution is 5.56. The molecule has 4 heteroatoms. The Labute approximate surface area is 86.4 Å². The maximum absolute atomic E-state index is 13.1. The molecule has 0 aliphatic carbocycles. The van der Waals surface area contributed by atoms with Crippen molar-refractivity contribution in [3.05, 3.63) is 40.8 Å². The molecule has 0 unspecified atom stereocenters. The van der Waals surface area contributed by atoms with Gasteiger partial charge in [-0.15, -0.1) is 0 Å². The molecule has 2 N–H and O–H groups in total. The Morgan fingerprint density at radius 2 is 2.00 bits per heavy atom. The van der Waals surface area contributed by atoms with Crippen LogP contribution in [0.25, 0.3) is 6.08 Å². The molecule has 0 heterocycles. The number of hydrogen-bond acceptors (Lipinski definition) is 1. The summed E-state index contributed by atoms with van der Waals surface area (Å²) in [6, 6.07) is 3.25. The monoisotopic (exact) mass is 215 g/mol. The average molecular weight is 215 g/mol. The smallest absolute Gasteiger partial charge is 0.271 e. The summed E-state index contributed by atoms with van der Waals surface area (Å²) >= 11 is 0. The molecule has 0 aliphatic rings. The third-order valence-corrected chi connectivity index (χ3v) is 1.87. The summed E-state index contributed by atoms with van der Waals surface area (Å²) in [4.78, 5) is 0. The van der Waals surface area contributed by atoms with Crippen LogP contribution in [0.4, 0.5) is 13.2 Å². The average Bonchev–Trinajstić information content (AvgIpc) is 2.05. The minimum absolute atomic E-state index is 0.240. The summed E-state index contributed by atoms with van der Waals surface area (Å²) in [5.41, 5.74) is 5.68. The summed E-state index contributed by atoms with van der Waals surface area (Å²) in [7, 11) is 0. The van der Waals surface area contributed by atoms with Crippen LogP contribution >= 0.6 is 0 Å². The van der Waals surface area contributed by atoms with E-state index in [9.17, 15) is 13.2 Å². The second-order valence-corrected chi connectivity index (χ2v) is 3.51. The predicted octanol–water partition coefficient (Wildman–Crippen LogP) is 3.26. The lowest BCUT2D eigenvalue weighted by Crippen LogP contribution is -2.10. The van der Waals surface area contributed by atoms with Crippen LogP contribution in [0.1, 0.15) is 25.0 Å². The largest absolute Gasteiger partial charge is 0.402 e. The number of rotatable bonds is 2. The van der Waals surface area contributed by atoms with Crippen molar-refractivity contribution in [1.82, 2.24) is 0 Å². The van der Waals surface area contributed by atoms with Gasteiger partial charge in [-0.3, -0.25) is 0 Å². The minimum Gasteiger partial charge on any atom is -0.402 e. The van der Waals surface area contributed by atoms with Gasteiger partial charge in [0.25, 0.3) is 5.92 Å². The van der Waals surface area contributed by atoms with E-state index >= 15 is 0 Å². The first kappa shape index (κ1) is 11.6. The zero-order valence-corrected chi connectivity index (χ0v) is 8.52. The third-order valence-electron chi connectivity index (χ3n) is 1.87. The van der Waals surface area contributed by atoms with Crippen molar-refractivity contribution >= 4 is 6.08 Å². The summed E-state index contributed by atoms with van der Waals surface area (Å²) in [6.45, 7) is 2.31. The number of halogens is 3. The molecule has 0 spiro atoms. The topological polar surface area (TPSA) is 26.0 Å². The Hall–Kier alpha value is -1.45. The van der Waals surface area contributed by atoms with Gasteiger partial charge in [-0.2, -0.15) is 0 Å². The van der Waals surface area contributed by atoms with E-state index in [1.54, 1.807) is 6.92 Å². The highest BCUT2D eigenvalue weighted by Gasteiger charge is 2.27. The molecule has 1 aromatic carbocycles. The normalized spacial score (nSPS) is 13.0. The summed E-state index contributed by atoms with van der Waals surface area (Å²) < 4.78 is 39.0. The Morgan fingerprint density at radius 3 is 2.47 bits per heavy atom. The van der Waals surface area contributed by atoms with E-state index in [4.69, 9.17) is 5.73 Å². The standard InChI is InChI=1S/C11H12F3N/c1-7(15)5-8-3-4-9(12)6-10(8)11(2,13)14/h3-6H,15H2,1-2H3/b7-5+. The predicted molar refractivity (Wildman–Crippen MR) is 53.8 cm³/mol. The molecule has 0 aliphatic heterocycles. The van der Waals surface area contributed by atoms with Gasteiger partial charge < -0.3 is 5.73 Å². The summed E-state index contributed by atoms with van der Waals surface area (Å²) in [5.74, 6) is -3.76. The fourth-order valence-electron chi connectivity index (χ4n) is 1.28. The van der Waals surface area contributed by atoms with E-state index in [2.05, 4.69) is 0 Å². The van der Waals surface area contributed by atoms with Crippen LogP contribution < -0.4 is 5.73 Å². The fraction of sp³-hybridized carbons (Fsp3) is 0.273. The molecular weight excluding hydrogens is 203 g/mol. The first-order valence-electron chi connectivity index (χ1n) is 4.42. The van der Waals surface area contributed by atoms with Crippen LogP contribution in [-0.4, -0.2) is 0 Å². The van der Waals surface area contributed by atoms with Gasteiger partial charge in [0.2, 0.25) is 0 Å². The summed E-state index contributed by atoms with van der Waals surface area (Å²) in [5, 5.41) is 0. The van der Waals surface area contributed by atoms with Crippen LogP contribution in [0.15, 0.2) is 23.9 Å². The van der Waals surface area contributed by atoms with E-state index in [-0.39, 0.29) is 11.1 Å². The van der Waals surface area contributed by atoms with E-state index in [0.717, 1.165) is 19.1 Å². The van der Waals surface area contributed by atoms with Crippen LogP contribution in [0, 0.1) is 5.82 Å². The van der Waals surface area contributed by atoms with Crippen molar-refractivity contribution in [3.63, 3.8) is 0 Å². The number of hydrogen-bond donors (Lipinski definition) is 1. The third kappa shape index (κ3) is 3.01. The Balaban J connectivity index is 3.34. The molecular formula is C11H12F3N. The molecule has 0 aromatic heterocycles. The first-order chi connectivity index (χ1) is 6.80. The van der Waals surface area contributed by atoms with Crippen molar-refractivity contribution in [2.24, 2.45) is 5.73 Å². The number of nitrogens with two attached hydrogens (primary N) is 1. The van der Waals surface area contributed by atoms with E-state index in [1.165, 1.54) is 12.1 Å². The molecule has 0 radical (unpaired) electrons. The Bertz CT molecular complexity index is 387. The van der Waals surface area contributed by atoms with Crippen molar-refractivity contribution < 1.29 is 13.2 Å². The lowest BCUT2D eigenvalue weighted by molar-refractivity contribution is 0.0169. The zero-order valence-electron chi connectivity index (χ0n) is 8.52. The van der Waals surface area contributed by atoms with Gasteiger partial charge in [0, 0.05) is 18.2 Å². The van der Waals surface area contributed by atoms with Gasteiger partial charge >= 0.3 is 0 Å². The van der Waals surface area contributed by atoms with Gasteiger partial charge in [-0.25, -0.2) is 13.2 Å². The molecule has 15 heavy (non-hydrogen) atoms. The molecule has 0 atom stereocenters. The molecule has 0 saturated heterocycles. The molecule has 1 nitrogen and oxygen atoms in total. The maximum atomic E-state index is 13.1. The quantitative estimate of drug-likeness (QED) is 0.805. The first-order valence-corrected chi connectivity index (χ1v) is 4.42. The fourth-order valence-corrected chi connectivity index (χ4v) is 1.28. The Morgan fingerprint density at radius 1 is 1.40 bits per heavy atom. The van der Waals surface area contributed by atoms with Crippen molar-refractivity contribution in [1.29, 1.82) is 0 Å². The molecule has 0 fully saturated rings. The molecule has 82 valence electrons. The number of alkyl halides is 2. The molecule has 1 aromatic rings. The van der Waals surface area contributed by atoms with Gasteiger partial charge in [0.05, 0.1) is 0 Å². The molecule has 0 bridgehead atoms. The van der Waals surface area contributed by atoms with Gasteiger partial charge in [0.1, 0.15) is 5.82 Å². The minimum atomic E-state index is -3.08. The van der Waals surface area contributed by atoms with Crippen LogP contribution in [-0.2, 0) is 5.92 Å². The second-order valence-electron chi connectivity index (χ2n) is 3.51. The van der Waals surface area contributed by atoms with Crippen LogP contribution in [0.3, 0.4) is 0 Å². The van der Waals surface area contributed by atoms with Crippen LogP contribution in [0.5, 0.6) is 0 Å². The van der Waals surface area contributed by atoms with Crippen molar-refractivity contribution in [2.75, 3.05) is 0 Å². The van der Waals surface area contributed by atoms with E-state index in [1.807, 2.05) is 0 Å². The number of benzene rings is 1.